The predicted molar refractivity (Wildman–Crippen MR) is 69.3 cm³/mol. The van der Waals surface area contributed by atoms with Crippen molar-refractivity contribution in [3.05, 3.63) is 71.3 Å². The van der Waals surface area contributed by atoms with Gasteiger partial charge in [0.25, 0.3) is 0 Å². The van der Waals surface area contributed by atoms with Gasteiger partial charge >= 0.3 is 0 Å². The molecule has 2 aromatic rings. The highest BCUT2D eigenvalue weighted by atomic mass is 14.6. The summed E-state index contributed by atoms with van der Waals surface area (Å²) in [5.41, 5.74) is 3.89. The zero-order chi connectivity index (χ0) is 11.8. The Morgan fingerprint density at radius 2 is 1.12 bits per heavy atom. The third-order valence-corrected chi connectivity index (χ3v) is 3.22. The predicted octanol–water partition coefficient (Wildman–Crippen LogP) is 3.22. The molecule has 0 aliphatic heterocycles. The van der Waals surface area contributed by atoms with Crippen molar-refractivity contribution in [2.24, 2.45) is 0 Å². The van der Waals surface area contributed by atoms with E-state index in [9.17, 15) is 0 Å². The summed E-state index contributed by atoms with van der Waals surface area (Å²) in [5, 5.41) is 16.4. The Balaban J connectivity index is 2.13. The summed E-state index contributed by atoms with van der Waals surface area (Å²) in [4.78, 5) is 0. The van der Waals surface area contributed by atoms with Crippen LogP contribution in [0.1, 0.15) is 22.6 Å². The molecule has 0 saturated carbocycles. The summed E-state index contributed by atoms with van der Waals surface area (Å²) < 4.78 is 0. The van der Waals surface area contributed by atoms with Crippen LogP contribution in [-0.2, 0) is 0 Å². The fourth-order valence-corrected chi connectivity index (χ4v) is 2.39. The normalized spacial score (nSPS) is 18.2. The summed E-state index contributed by atoms with van der Waals surface area (Å²) in [7, 11) is 0. The molecule has 0 saturated heterocycles. The van der Waals surface area contributed by atoms with Gasteiger partial charge in [0.2, 0.25) is 0 Å². The zero-order valence-corrected chi connectivity index (χ0v) is 9.27. The van der Waals surface area contributed by atoms with Gasteiger partial charge in [-0.15, -0.1) is 0 Å². The Bertz CT molecular complexity index is 564. The maximum atomic E-state index is 8.21. The van der Waals surface area contributed by atoms with Crippen molar-refractivity contribution in [2.75, 3.05) is 0 Å². The fraction of sp³-hybridized carbons (Fsp3) is 0.0667. The summed E-state index contributed by atoms with van der Waals surface area (Å²) in [6.45, 7) is 0. The van der Waals surface area contributed by atoms with Crippen molar-refractivity contribution in [3.8, 4) is 0 Å². The molecule has 0 fully saturated rings. The third kappa shape index (κ3) is 1.41. The fourth-order valence-electron chi connectivity index (χ4n) is 2.39. The van der Waals surface area contributed by atoms with E-state index in [0.717, 1.165) is 16.7 Å². The molecule has 0 bridgehead atoms. The first-order valence-electron chi connectivity index (χ1n) is 5.60. The van der Waals surface area contributed by atoms with Crippen molar-refractivity contribution < 1.29 is 0 Å². The van der Waals surface area contributed by atoms with Gasteiger partial charge in [-0.25, -0.2) is 0 Å². The van der Waals surface area contributed by atoms with Crippen LogP contribution < -0.4 is 0 Å². The lowest BCUT2D eigenvalue weighted by Crippen LogP contribution is -2.12. The van der Waals surface area contributed by atoms with Gasteiger partial charge < -0.3 is 10.8 Å². The summed E-state index contributed by atoms with van der Waals surface area (Å²) in [6, 6.07) is 17.5. The molecule has 3 rings (SSSR count). The van der Waals surface area contributed by atoms with Crippen molar-refractivity contribution in [1.29, 1.82) is 10.8 Å². The molecule has 2 N–H and O–H groups in total. The quantitative estimate of drug-likeness (QED) is 0.741. The van der Waals surface area contributed by atoms with Crippen LogP contribution in [0.3, 0.4) is 0 Å². The molecule has 0 aromatic heterocycles. The van der Waals surface area contributed by atoms with Crippen LogP contribution in [0.4, 0.5) is 0 Å². The second-order valence-corrected chi connectivity index (χ2v) is 4.22. The Labute approximate surface area is 99.9 Å². The molecule has 2 heteroatoms. The van der Waals surface area contributed by atoms with Gasteiger partial charge in [0.1, 0.15) is 0 Å². The molecule has 0 radical (unpaired) electrons. The SMILES string of the molecule is N=C1c2ccccc2C(=N)C1c1ccccc1. The zero-order valence-electron chi connectivity index (χ0n) is 9.27. The van der Waals surface area contributed by atoms with Crippen LogP contribution in [0.5, 0.6) is 0 Å². The van der Waals surface area contributed by atoms with Crippen LogP contribution in [0.25, 0.3) is 0 Å². The van der Waals surface area contributed by atoms with E-state index < -0.39 is 0 Å². The smallest absolute Gasteiger partial charge is 0.0684 e. The number of nitrogens with one attached hydrogen (secondary N) is 2. The minimum atomic E-state index is -0.200. The van der Waals surface area contributed by atoms with Gasteiger partial charge in [0.15, 0.2) is 0 Å². The van der Waals surface area contributed by atoms with Gasteiger partial charge in [0, 0.05) is 11.1 Å². The van der Waals surface area contributed by atoms with Gasteiger partial charge in [-0.1, -0.05) is 54.6 Å². The molecular formula is C15H12N2. The van der Waals surface area contributed by atoms with Crippen molar-refractivity contribution in [1.82, 2.24) is 0 Å². The molecule has 2 aromatic carbocycles. The molecule has 2 nitrogen and oxygen atoms in total. The number of rotatable bonds is 1. The van der Waals surface area contributed by atoms with E-state index in [0.29, 0.717) is 11.4 Å². The lowest BCUT2D eigenvalue weighted by atomic mass is 9.93. The summed E-state index contributed by atoms with van der Waals surface area (Å²) in [6.07, 6.45) is 0. The van der Waals surface area contributed by atoms with Gasteiger partial charge in [0.05, 0.1) is 17.3 Å². The van der Waals surface area contributed by atoms with Gasteiger partial charge in [-0.05, 0) is 5.56 Å². The molecule has 0 atom stereocenters. The van der Waals surface area contributed by atoms with E-state index >= 15 is 0 Å². The van der Waals surface area contributed by atoms with Gasteiger partial charge in [-0.3, -0.25) is 0 Å². The monoisotopic (exact) mass is 220 g/mol. The molecule has 17 heavy (non-hydrogen) atoms. The van der Waals surface area contributed by atoms with E-state index in [1.54, 1.807) is 0 Å². The van der Waals surface area contributed by atoms with Crippen LogP contribution >= 0.6 is 0 Å². The second-order valence-electron chi connectivity index (χ2n) is 4.22. The highest BCUT2D eigenvalue weighted by Crippen LogP contribution is 2.33. The van der Waals surface area contributed by atoms with Crippen molar-refractivity contribution in [2.45, 2.75) is 5.92 Å². The van der Waals surface area contributed by atoms with E-state index in [2.05, 4.69) is 0 Å². The minimum Gasteiger partial charge on any atom is -0.304 e. The Morgan fingerprint density at radius 3 is 1.65 bits per heavy atom. The van der Waals surface area contributed by atoms with Crippen molar-refractivity contribution in [3.63, 3.8) is 0 Å². The Hall–Kier alpha value is -2.22. The number of hydrogen-bond donors (Lipinski definition) is 2. The van der Waals surface area contributed by atoms with Crippen LogP contribution in [0.15, 0.2) is 54.6 Å². The Morgan fingerprint density at radius 1 is 0.647 bits per heavy atom. The summed E-state index contributed by atoms with van der Waals surface area (Å²) in [5.74, 6) is -0.200. The number of hydrogen-bond acceptors (Lipinski definition) is 2. The van der Waals surface area contributed by atoms with Crippen LogP contribution in [0.2, 0.25) is 0 Å². The molecule has 0 heterocycles. The Kier molecular flexibility index (Phi) is 2.15. The topological polar surface area (TPSA) is 47.7 Å². The minimum absolute atomic E-state index is 0.200. The molecule has 1 aliphatic rings. The molecule has 1 aliphatic carbocycles. The first kappa shape index (κ1) is 9.97. The molecule has 0 spiro atoms. The lowest BCUT2D eigenvalue weighted by molar-refractivity contribution is 1.18. The number of benzene rings is 2. The standard InChI is InChI=1S/C15H12N2/c16-14-11-8-4-5-9-12(11)15(17)13(14)10-6-2-1-3-7-10/h1-9,13,16-17H. The van der Waals surface area contributed by atoms with E-state index in [1.807, 2.05) is 54.6 Å². The highest BCUT2D eigenvalue weighted by Gasteiger charge is 2.33. The summed E-state index contributed by atoms with van der Waals surface area (Å²) >= 11 is 0. The first-order chi connectivity index (χ1) is 8.29. The van der Waals surface area contributed by atoms with E-state index in [1.165, 1.54) is 0 Å². The van der Waals surface area contributed by atoms with Crippen LogP contribution in [0, 0.1) is 10.8 Å². The maximum Gasteiger partial charge on any atom is 0.0684 e. The van der Waals surface area contributed by atoms with E-state index in [-0.39, 0.29) is 5.92 Å². The third-order valence-electron chi connectivity index (χ3n) is 3.22. The molecule has 0 amide bonds. The molecule has 0 unspecified atom stereocenters. The average molecular weight is 220 g/mol. The first-order valence-corrected chi connectivity index (χ1v) is 5.60. The van der Waals surface area contributed by atoms with Crippen molar-refractivity contribution >= 4 is 11.4 Å². The molecule has 82 valence electrons. The number of fused-ring (bicyclic) bond motifs is 1. The largest absolute Gasteiger partial charge is 0.304 e. The molecular weight excluding hydrogens is 208 g/mol. The van der Waals surface area contributed by atoms with E-state index in [4.69, 9.17) is 10.8 Å². The van der Waals surface area contributed by atoms with Gasteiger partial charge in [-0.2, -0.15) is 0 Å². The lowest BCUT2D eigenvalue weighted by Gasteiger charge is -2.10. The average Bonchev–Trinajstić information content (AvgIpc) is 2.64. The maximum absolute atomic E-state index is 8.21. The highest BCUT2D eigenvalue weighted by molar-refractivity contribution is 6.31. The second kappa shape index (κ2) is 3.67. The van der Waals surface area contributed by atoms with Crippen LogP contribution in [-0.4, -0.2) is 11.4 Å².